The molecule has 0 radical (unpaired) electrons. The Balaban J connectivity index is 1.80. The molecule has 0 saturated carbocycles. The molecule has 3 aromatic rings. The molecule has 1 heterocycles. The molecule has 0 aliphatic heterocycles. The molecule has 0 unspecified atom stereocenters. The van der Waals surface area contributed by atoms with Crippen LogP contribution in [0.15, 0.2) is 47.6 Å². The van der Waals surface area contributed by atoms with Crippen molar-refractivity contribution in [3.05, 3.63) is 53.6 Å². The van der Waals surface area contributed by atoms with E-state index in [1.54, 1.807) is 14.2 Å². The van der Waals surface area contributed by atoms with Crippen LogP contribution in [0.2, 0.25) is 0 Å². The van der Waals surface area contributed by atoms with Crippen molar-refractivity contribution in [1.82, 2.24) is 14.9 Å². The minimum atomic E-state index is 0.639. The molecule has 0 fully saturated rings. The minimum Gasteiger partial charge on any atom is -0.497 e. The van der Waals surface area contributed by atoms with E-state index < -0.39 is 0 Å². The summed E-state index contributed by atoms with van der Waals surface area (Å²) in [5.74, 6) is 9.04. The number of benzene rings is 2. The van der Waals surface area contributed by atoms with Crippen molar-refractivity contribution in [2.45, 2.75) is 17.8 Å². The first-order valence-corrected chi connectivity index (χ1v) is 8.72. The molecule has 7 heteroatoms. The van der Waals surface area contributed by atoms with E-state index >= 15 is 0 Å². The van der Waals surface area contributed by atoms with Gasteiger partial charge in [0.1, 0.15) is 11.5 Å². The second-order valence-corrected chi connectivity index (χ2v) is 6.45. The zero-order valence-corrected chi connectivity index (χ0v) is 15.2. The molecular weight excluding hydrogens is 336 g/mol. The Labute approximate surface area is 150 Å². The lowest BCUT2D eigenvalue weighted by molar-refractivity contribution is 0.400. The fraction of sp³-hybridized carbons (Fsp3) is 0.222. The summed E-state index contributed by atoms with van der Waals surface area (Å²) in [6.45, 7) is 2.04. The third-order valence-corrected chi connectivity index (χ3v) is 4.81. The summed E-state index contributed by atoms with van der Waals surface area (Å²) in [5, 5.41) is 9.06. The fourth-order valence-corrected chi connectivity index (χ4v) is 3.25. The van der Waals surface area contributed by atoms with Crippen LogP contribution in [-0.2, 0) is 5.75 Å². The highest BCUT2D eigenvalue weighted by Gasteiger charge is 2.13. The second kappa shape index (κ2) is 7.48. The van der Waals surface area contributed by atoms with Crippen molar-refractivity contribution < 1.29 is 9.47 Å². The number of aromatic nitrogens is 3. The Bertz CT molecular complexity index is 862. The molecule has 0 bridgehead atoms. The Morgan fingerprint density at radius 1 is 1.04 bits per heavy atom. The molecule has 0 amide bonds. The van der Waals surface area contributed by atoms with E-state index in [9.17, 15) is 0 Å². The van der Waals surface area contributed by atoms with Gasteiger partial charge in [-0.15, -0.1) is 10.2 Å². The average molecular weight is 356 g/mol. The largest absolute Gasteiger partial charge is 0.497 e. The molecule has 25 heavy (non-hydrogen) atoms. The van der Waals surface area contributed by atoms with Crippen LogP contribution in [-0.4, -0.2) is 29.1 Å². The van der Waals surface area contributed by atoms with E-state index in [1.165, 1.54) is 22.0 Å². The molecule has 0 saturated heterocycles. The number of methoxy groups -OCH3 is 2. The van der Waals surface area contributed by atoms with Gasteiger partial charge < -0.3 is 15.3 Å². The topological polar surface area (TPSA) is 75.2 Å². The zero-order valence-electron chi connectivity index (χ0n) is 14.4. The third-order valence-electron chi connectivity index (χ3n) is 3.82. The number of hydrogen-bond acceptors (Lipinski definition) is 6. The number of ether oxygens (including phenoxy) is 2. The lowest BCUT2D eigenvalue weighted by Crippen LogP contribution is -2.11. The van der Waals surface area contributed by atoms with Gasteiger partial charge in [0.25, 0.3) is 0 Å². The summed E-state index contributed by atoms with van der Waals surface area (Å²) < 4.78 is 12.2. The van der Waals surface area contributed by atoms with Crippen LogP contribution in [0.25, 0.3) is 11.4 Å². The predicted octanol–water partition coefficient (Wildman–Crippen LogP) is 3.28. The van der Waals surface area contributed by atoms with Crippen molar-refractivity contribution >= 4 is 11.8 Å². The minimum absolute atomic E-state index is 0.639. The highest BCUT2D eigenvalue weighted by molar-refractivity contribution is 7.98. The lowest BCUT2D eigenvalue weighted by atomic mass is 10.1. The fourth-order valence-electron chi connectivity index (χ4n) is 2.41. The van der Waals surface area contributed by atoms with Gasteiger partial charge in [0.15, 0.2) is 5.82 Å². The van der Waals surface area contributed by atoms with Crippen molar-refractivity contribution in [3.8, 4) is 22.9 Å². The molecule has 2 N–H and O–H groups in total. The Morgan fingerprint density at radius 3 is 2.48 bits per heavy atom. The summed E-state index contributed by atoms with van der Waals surface area (Å²) in [7, 11) is 3.29. The van der Waals surface area contributed by atoms with Crippen LogP contribution >= 0.6 is 11.8 Å². The highest BCUT2D eigenvalue weighted by atomic mass is 32.2. The molecule has 0 aliphatic carbocycles. The number of hydrogen-bond donors (Lipinski definition) is 1. The van der Waals surface area contributed by atoms with Crippen LogP contribution in [0.4, 0.5) is 0 Å². The van der Waals surface area contributed by atoms with Gasteiger partial charge in [-0.25, -0.2) is 4.68 Å². The standard InChI is InChI=1S/C18H20N4O2S/c1-12-4-6-13(7-5-12)17-20-21-18(22(17)19)25-11-14-10-15(23-2)8-9-16(14)24-3/h4-10H,11,19H2,1-3H3. The van der Waals surface area contributed by atoms with E-state index in [0.29, 0.717) is 16.7 Å². The molecule has 2 aromatic carbocycles. The SMILES string of the molecule is COc1ccc(OC)c(CSc2nnc(-c3ccc(C)cc3)n2N)c1. The van der Waals surface area contributed by atoms with E-state index in [1.807, 2.05) is 49.4 Å². The molecule has 130 valence electrons. The summed E-state index contributed by atoms with van der Waals surface area (Å²) in [6, 6.07) is 13.7. The Morgan fingerprint density at radius 2 is 1.80 bits per heavy atom. The number of thioether (sulfide) groups is 1. The molecule has 6 nitrogen and oxygen atoms in total. The average Bonchev–Trinajstić information content (AvgIpc) is 3.01. The van der Waals surface area contributed by atoms with E-state index in [-0.39, 0.29) is 0 Å². The summed E-state index contributed by atoms with van der Waals surface area (Å²) in [6.07, 6.45) is 0. The van der Waals surface area contributed by atoms with Crippen molar-refractivity contribution in [2.75, 3.05) is 20.1 Å². The lowest BCUT2D eigenvalue weighted by Gasteiger charge is -2.10. The summed E-state index contributed by atoms with van der Waals surface area (Å²) >= 11 is 1.50. The monoisotopic (exact) mass is 356 g/mol. The maximum Gasteiger partial charge on any atom is 0.210 e. The van der Waals surface area contributed by atoms with Crippen LogP contribution in [0, 0.1) is 6.92 Å². The van der Waals surface area contributed by atoms with Crippen molar-refractivity contribution in [3.63, 3.8) is 0 Å². The van der Waals surface area contributed by atoms with Crippen LogP contribution in [0.1, 0.15) is 11.1 Å². The van der Waals surface area contributed by atoms with Gasteiger partial charge in [-0.05, 0) is 25.1 Å². The molecule has 0 aliphatic rings. The van der Waals surface area contributed by atoms with Crippen molar-refractivity contribution in [1.29, 1.82) is 0 Å². The molecular formula is C18H20N4O2S. The first-order valence-electron chi connectivity index (χ1n) is 7.73. The Kier molecular flexibility index (Phi) is 5.14. The third kappa shape index (κ3) is 3.71. The molecule has 3 rings (SSSR count). The predicted molar refractivity (Wildman–Crippen MR) is 99.5 cm³/mol. The summed E-state index contributed by atoms with van der Waals surface area (Å²) in [5.41, 5.74) is 3.13. The van der Waals surface area contributed by atoms with Crippen LogP contribution in [0.5, 0.6) is 11.5 Å². The molecule has 0 atom stereocenters. The van der Waals surface area contributed by atoms with Crippen LogP contribution < -0.4 is 15.3 Å². The van der Waals surface area contributed by atoms with E-state index in [2.05, 4.69) is 10.2 Å². The number of aryl methyl sites for hydroxylation is 1. The van der Waals surface area contributed by atoms with Gasteiger partial charge in [-0.1, -0.05) is 41.6 Å². The van der Waals surface area contributed by atoms with Gasteiger partial charge >= 0.3 is 0 Å². The van der Waals surface area contributed by atoms with Gasteiger partial charge in [0.2, 0.25) is 5.16 Å². The maximum absolute atomic E-state index is 6.18. The normalized spacial score (nSPS) is 10.7. The molecule has 0 spiro atoms. The van der Waals surface area contributed by atoms with Gasteiger partial charge in [0, 0.05) is 16.9 Å². The van der Waals surface area contributed by atoms with Crippen LogP contribution in [0.3, 0.4) is 0 Å². The second-order valence-electron chi connectivity index (χ2n) is 5.51. The van der Waals surface area contributed by atoms with Gasteiger partial charge in [-0.3, -0.25) is 0 Å². The first-order chi connectivity index (χ1) is 12.1. The van der Waals surface area contributed by atoms with Crippen molar-refractivity contribution in [2.24, 2.45) is 0 Å². The highest BCUT2D eigenvalue weighted by Crippen LogP contribution is 2.30. The first kappa shape index (κ1) is 17.2. The summed E-state index contributed by atoms with van der Waals surface area (Å²) in [4.78, 5) is 0. The number of rotatable bonds is 6. The number of nitrogens with two attached hydrogens (primary N) is 1. The molecule has 1 aromatic heterocycles. The van der Waals surface area contributed by atoms with Gasteiger partial charge in [0.05, 0.1) is 14.2 Å². The van der Waals surface area contributed by atoms with E-state index in [4.69, 9.17) is 15.3 Å². The quantitative estimate of drug-likeness (QED) is 0.540. The van der Waals surface area contributed by atoms with Gasteiger partial charge in [-0.2, -0.15) is 0 Å². The number of nitrogen functional groups attached to an aromatic ring is 1. The van der Waals surface area contributed by atoms with E-state index in [0.717, 1.165) is 22.6 Å². The Hall–Kier alpha value is -2.67. The smallest absolute Gasteiger partial charge is 0.210 e. The maximum atomic E-state index is 6.18. The number of nitrogens with zero attached hydrogens (tertiary/aromatic N) is 3. The zero-order chi connectivity index (χ0) is 17.8.